The van der Waals surface area contributed by atoms with Gasteiger partial charge in [0.05, 0.1) is 20.8 Å². The third kappa shape index (κ3) is 5.54. The van der Waals surface area contributed by atoms with Crippen molar-refractivity contribution in [3.63, 3.8) is 0 Å². The van der Waals surface area contributed by atoms with E-state index in [0.717, 1.165) is 5.69 Å². The number of hydrogen-bond acceptors (Lipinski definition) is 5. The Morgan fingerprint density at radius 3 is 2.14 bits per heavy atom. The molecule has 1 heterocycles. The van der Waals surface area contributed by atoms with Crippen LogP contribution in [0.25, 0.3) is 0 Å². The van der Waals surface area contributed by atoms with Crippen molar-refractivity contribution in [3.05, 3.63) is 54.1 Å². The van der Waals surface area contributed by atoms with Crippen molar-refractivity contribution in [2.75, 3.05) is 52.3 Å². The van der Waals surface area contributed by atoms with Gasteiger partial charge in [-0.2, -0.15) is 0 Å². The highest BCUT2D eigenvalue weighted by Crippen LogP contribution is 2.28. The van der Waals surface area contributed by atoms with E-state index in [1.54, 1.807) is 42.2 Å². The molecule has 8 heteroatoms. The Morgan fingerprint density at radius 1 is 0.897 bits per heavy atom. The average Bonchev–Trinajstić information content (AvgIpc) is 2.77. The number of carbonyl (C=O) groups is 2. The fourth-order valence-electron chi connectivity index (χ4n) is 3.16. The number of methoxy groups -OCH3 is 2. The smallest absolute Gasteiger partial charge is 0.254 e. The molecule has 0 unspecified atom stereocenters. The zero-order valence-electron chi connectivity index (χ0n) is 16.6. The molecule has 1 aliphatic rings. The second-order valence-electron chi connectivity index (χ2n) is 6.46. The minimum absolute atomic E-state index is 0. The number of carbonyl (C=O) groups excluding carboxylic acids is 2. The monoisotopic (exact) mass is 419 g/mol. The Balaban J connectivity index is 0.00000300. The number of hydrogen-bond donors (Lipinski definition) is 1. The zero-order valence-corrected chi connectivity index (χ0v) is 17.4. The maximum Gasteiger partial charge on any atom is 0.254 e. The summed E-state index contributed by atoms with van der Waals surface area (Å²) in [6.45, 7) is 2.30. The van der Waals surface area contributed by atoms with Gasteiger partial charge < -0.3 is 24.6 Å². The molecule has 3 rings (SSSR count). The highest BCUT2D eigenvalue weighted by atomic mass is 35.5. The van der Waals surface area contributed by atoms with Crippen molar-refractivity contribution < 1.29 is 19.1 Å². The summed E-state index contributed by atoms with van der Waals surface area (Å²) in [5.41, 5.74) is 1.46. The third-order valence-corrected chi connectivity index (χ3v) is 4.77. The van der Waals surface area contributed by atoms with E-state index in [2.05, 4.69) is 5.32 Å². The molecule has 7 nitrogen and oxygen atoms in total. The Labute approximate surface area is 177 Å². The van der Waals surface area contributed by atoms with E-state index in [9.17, 15) is 9.59 Å². The number of piperazine rings is 1. The first-order valence-corrected chi connectivity index (χ1v) is 9.20. The normalized spacial score (nSPS) is 13.3. The largest absolute Gasteiger partial charge is 0.493 e. The lowest BCUT2D eigenvalue weighted by Gasteiger charge is -2.35. The fourth-order valence-corrected chi connectivity index (χ4v) is 3.16. The van der Waals surface area contributed by atoms with Crippen LogP contribution in [0.4, 0.5) is 5.69 Å². The molecule has 1 N–H and O–H groups in total. The van der Waals surface area contributed by atoms with Crippen molar-refractivity contribution in [3.8, 4) is 11.5 Å². The van der Waals surface area contributed by atoms with Crippen molar-refractivity contribution in [2.24, 2.45) is 0 Å². The van der Waals surface area contributed by atoms with Crippen LogP contribution in [0.3, 0.4) is 0 Å². The van der Waals surface area contributed by atoms with Gasteiger partial charge in [-0.3, -0.25) is 9.59 Å². The summed E-state index contributed by atoms with van der Waals surface area (Å²) in [5.74, 6) is 1.06. The van der Waals surface area contributed by atoms with Crippen LogP contribution in [-0.4, -0.2) is 68.6 Å². The van der Waals surface area contributed by atoms with Gasteiger partial charge in [0.1, 0.15) is 0 Å². The number of amides is 2. The van der Waals surface area contributed by atoms with Crippen LogP contribution in [0.15, 0.2) is 48.5 Å². The summed E-state index contributed by atoms with van der Waals surface area (Å²) in [4.78, 5) is 28.7. The fraction of sp³-hybridized carbons (Fsp3) is 0.333. The maximum absolute atomic E-state index is 12.8. The van der Waals surface area contributed by atoms with Crippen LogP contribution in [0.1, 0.15) is 10.4 Å². The van der Waals surface area contributed by atoms with E-state index in [1.165, 1.54) is 0 Å². The van der Waals surface area contributed by atoms with Gasteiger partial charge in [-0.1, -0.05) is 18.2 Å². The Bertz CT molecular complexity index is 824. The number of nitrogens with zero attached hydrogens (tertiary/aromatic N) is 2. The molecular formula is C21H26ClN3O4. The van der Waals surface area contributed by atoms with Gasteiger partial charge in [0.15, 0.2) is 11.5 Å². The number of anilines is 1. The van der Waals surface area contributed by atoms with E-state index in [-0.39, 0.29) is 30.8 Å². The highest BCUT2D eigenvalue weighted by molar-refractivity contribution is 5.95. The van der Waals surface area contributed by atoms with Crippen LogP contribution in [0.5, 0.6) is 11.5 Å². The lowest BCUT2D eigenvalue weighted by atomic mass is 10.1. The second kappa shape index (κ2) is 10.6. The quantitative estimate of drug-likeness (QED) is 0.779. The molecule has 0 aromatic heterocycles. The van der Waals surface area contributed by atoms with Crippen LogP contribution >= 0.6 is 12.4 Å². The summed E-state index contributed by atoms with van der Waals surface area (Å²) in [6, 6.07) is 14.8. The SMILES string of the molecule is COc1ccc(C(=O)N2CCN(C(=O)CNc3ccccc3)CC2)cc1OC.Cl. The number of halogens is 1. The standard InChI is InChI=1S/C21H25N3O4.ClH/c1-27-18-9-8-16(14-19(18)28-2)21(26)24-12-10-23(11-13-24)20(25)15-22-17-6-4-3-5-7-17;/h3-9,14,22H,10-13,15H2,1-2H3;1H. The molecule has 2 aromatic rings. The predicted octanol–water partition coefficient (Wildman–Crippen LogP) is 2.52. The Morgan fingerprint density at radius 2 is 1.52 bits per heavy atom. The number of benzene rings is 2. The molecule has 29 heavy (non-hydrogen) atoms. The molecule has 0 radical (unpaired) electrons. The molecule has 0 spiro atoms. The molecular weight excluding hydrogens is 394 g/mol. The maximum atomic E-state index is 12.8. The van der Waals surface area contributed by atoms with Gasteiger partial charge in [0.25, 0.3) is 5.91 Å². The van der Waals surface area contributed by atoms with Gasteiger partial charge in [0, 0.05) is 37.4 Å². The minimum Gasteiger partial charge on any atom is -0.493 e. The molecule has 0 saturated carbocycles. The minimum atomic E-state index is -0.0736. The molecule has 2 aromatic carbocycles. The van der Waals surface area contributed by atoms with Gasteiger partial charge >= 0.3 is 0 Å². The lowest BCUT2D eigenvalue weighted by molar-refractivity contribution is -0.130. The molecule has 0 atom stereocenters. The van der Waals surface area contributed by atoms with E-state index >= 15 is 0 Å². The van der Waals surface area contributed by atoms with Gasteiger partial charge in [0.2, 0.25) is 5.91 Å². The van der Waals surface area contributed by atoms with Gasteiger partial charge in [-0.15, -0.1) is 12.4 Å². The number of ether oxygens (including phenoxy) is 2. The Hall–Kier alpha value is -2.93. The third-order valence-electron chi connectivity index (χ3n) is 4.77. The first kappa shape index (κ1) is 22.4. The first-order valence-electron chi connectivity index (χ1n) is 9.20. The van der Waals surface area contributed by atoms with E-state index in [0.29, 0.717) is 43.2 Å². The predicted molar refractivity (Wildman–Crippen MR) is 114 cm³/mol. The summed E-state index contributed by atoms with van der Waals surface area (Å²) < 4.78 is 10.5. The average molecular weight is 420 g/mol. The summed E-state index contributed by atoms with van der Waals surface area (Å²) in [7, 11) is 3.10. The van der Waals surface area contributed by atoms with Crippen LogP contribution < -0.4 is 14.8 Å². The summed E-state index contributed by atoms with van der Waals surface area (Å²) in [6.07, 6.45) is 0. The van der Waals surface area contributed by atoms with Gasteiger partial charge in [-0.05, 0) is 30.3 Å². The molecule has 1 fully saturated rings. The second-order valence-corrected chi connectivity index (χ2v) is 6.46. The summed E-state index contributed by atoms with van der Waals surface area (Å²) in [5, 5.41) is 3.13. The first-order chi connectivity index (χ1) is 13.6. The molecule has 1 aliphatic heterocycles. The van der Waals surface area contributed by atoms with Crippen LogP contribution in [0.2, 0.25) is 0 Å². The lowest BCUT2D eigenvalue weighted by Crippen LogP contribution is -2.51. The topological polar surface area (TPSA) is 71.1 Å². The zero-order chi connectivity index (χ0) is 19.9. The number of rotatable bonds is 6. The van der Waals surface area contributed by atoms with E-state index in [4.69, 9.17) is 9.47 Å². The van der Waals surface area contributed by atoms with Crippen molar-refractivity contribution >= 4 is 29.9 Å². The molecule has 1 saturated heterocycles. The van der Waals surface area contributed by atoms with Crippen molar-refractivity contribution in [1.82, 2.24) is 9.80 Å². The number of para-hydroxylation sites is 1. The van der Waals surface area contributed by atoms with Crippen molar-refractivity contribution in [1.29, 1.82) is 0 Å². The Kier molecular flexibility index (Phi) is 8.15. The highest BCUT2D eigenvalue weighted by Gasteiger charge is 2.25. The molecule has 0 bridgehead atoms. The molecule has 0 aliphatic carbocycles. The van der Waals surface area contributed by atoms with E-state index in [1.807, 2.05) is 30.3 Å². The molecule has 156 valence electrons. The van der Waals surface area contributed by atoms with Crippen molar-refractivity contribution in [2.45, 2.75) is 0 Å². The molecule has 2 amide bonds. The van der Waals surface area contributed by atoms with E-state index < -0.39 is 0 Å². The summed E-state index contributed by atoms with van der Waals surface area (Å²) >= 11 is 0. The number of nitrogens with one attached hydrogen (secondary N) is 1. The van der Waals surface area contributed by atoms with Crippen LogP contribution in [0, 0.1) is 0 Å². The van der Waals surface area contributed by atoms with Crippen LogP contribution in [-0.2, 0) is 4.79 Å². The van der Waals surface area contributed by atoms with Gasteiger partial charge in [-0.25, -0.2) is 0 Å².